The van der Waals surface area contributed by atoms with Gasteiger partial charge in [-0.2, -0.15) is 0 Å². The van der Waals surface area contributed by atoms with Gasteiger partial charge in [0, 0.05) is 33.4 Å². The molecule has 1 heterocycles. The van der Waals surface area contributed by atoms with E-state index in [2.05, 4.69) is 5.32 Å². The second-order valence-electron chi connectivity index (χ2n) is 3.66. The van der Waals surface area contributed by atoms with Gasteiger partial charge in [0.1, 0.15) is 0 Å². The quantitative estimate of drug-likeness (QED) is 0.614. The minimum absolute atomic E-state index is 0.316. The summed E-state index contributed by atoms with van der Waals surface area (Å²) in [6.45, 7) is 3.62. The van der Waals surface area contributed by atoms with Crippen LogP contribution >= 0.6 is 0 Å². The molecule has 0 amide bonds. The monoisotopic (exact) mass is 236 g/mol. The summed E-state index contributed by atoms with van der Waals surface area (Å²) in [5.74, 6) is 0.316. The van der Waals surface area contributed by atoms with E-state index in [1.165, 1.54) is 0 Å². The molecule has 0 aliphatic carbocycles. The molecule has 1 fully saturated rings. The third kappa shape index (κ3) is 4.46. The highest BCUT2D eigenvalue weighted by atomic mass is 32.2. The third-order valence-electron chi connectivity index (χ3n) is 2.44. The number of nitrogens with one attached hydrogen (secondary N) is 1. The van der Waals surface area contributed by atoms with Gasteiger partial charge >= 0.3 is 0 Å². The first-order valence-corrected chi connectivity index (χ1v) is 6.95. The minimum atomic E-state index is -2.92. The summed E-state index contributed by atoms with van der Waals surface area (Å²) in [6.07, 6.45) is 1.73. The van der Waals surface area contributed by atoms with Gasteiger partial charge in [-0.05, 0) is 19.4 Å². The van der Waals surface area contributed by atoms with Gasteiger partial charge in [0.15, 0.2) is 0 Å². The Labute approximate surface area is 91.8 Å². The van der Waals surface area contributed by atoms with Crippen molar-refractivity contribution in [3.05, 3.63) is 0 Å². The molecule has 1 rings (SSSR count). The first kappa shape index (κ1) is 12.9. The zero-order valence-corrected chi connectivity index (χ0v) is 10.1. The average Bonchev–Trinajstić information content (AvgIpc) is 2.52. The molecule has 6 heteroatoms. The third-order valence-corrected chi connectivity index (χ3v) is 4.40. The maximum absolute atomic E-state index is 11.4. The molecule has 0 aromatic rings. The number of nitrogens with zero attached hydrogens (tertiary/aromatic N) is 1. The molecule has 0 aromatic carbocycles. The highest BCUT2D eigenvalue weighted by molar-refractivity contribution is 7.89. The Morgan fingerprint density at radius 1 is 1.40 bits per heavy atom. The summed E-state index contributed by atoms with van der Waals surface area (Å²) >= 11 is 0. The smallest absolute Gasteiger partial charge is 0.214 e. The molecule has 1 aliphatic heterocycles. The largest absolute Gasteiger partial charge is 0.385 e. The molecule has 0 saturated carbocycles. The lowest BCUT2D eigenvalue weighted by Crippen LogP contribution is -2.33. The van der Waals surface area contributed by atoms with E-state index in [1.54, 1.807) is 11.4 Å². The van der Waals surface area contributed by atoms with Gasteiger partial charge in [-0.1, -0.05) is 0 Å². The maximum Gasteiger partial charge on any atom is 0.214 e. The second-order valence-corrected chi connectivity index (χ2v) is 5.75. The van der Waals surface area contributed by atoms with E-state index in [-0.39, 0.29) is 0 Å². The first-order valence-electron chi connectivity index (χ1n) is 5.34. The van der Waals surface area contributed by atoms with Crippen molar-refractivity contribution in [2.45, 2.75) is 12.8 Å². The molecule has 0 bridgehead atoms. The Hall–Kier alpha value is -0.170. The van der Waals surface area contributed by atoms with Crippen LogP contribution in [0.2, 0.25) is 0 Å². The standard InChI is InChI=1S/C9H20N2O3S/c1-14-8-2-4-10-5-7-11-6-3-9-15(11,12)13/h10H,2-9H2,1H3. The first-order chi connectivity index (χ1) is 7.17. The Balaban J connectivity index is 2.05. The van der Waals surface area contributed by atoms with Crippen LogP contribution in [0.3, 0.4) is 0 Å². The van der Waals surface area contributed by atoms with Crippen molar-refractivity contribution in [2.75, 3.05) is 45.6 Å². The molecule has 0 spiro atoms. The van der Waals surface area contributed by atoms with Crippen LogP contribution in [-0.4, -0.2) is 58.4 Å². The van der Waals surface area contributed by atoms with Crippen molar-refractivity contribution < 1.29 is 13.2 Å². The van der Waals surface area contributed by atoms with Gasteiger partial charge in [-0.15, -0.1) is 0 Å². The van der Waals surface area contributed by atoms with Gasteiger partial charge in [0.25, 0.3) is 0 Å². The number of rotatable bonds is 7. The summed E-state index contributed by atoms with van der Waals surface area (Å²) in [6, 6.07) is 0. The highest BCUT2D eigenvalue weighted by Crippen LogP contribution is 2.11. The molecule has 0 atom stereocenters. The van der Waals surface area contributed by atoms with E-state index in [0.29, 0.717) is 18.8 Å². The van der Waals surface area contributed by atoms with Crippen molar-refractivity contribution >= 4 is 10.0 Å². The summed E-state index contributed by atoms with van der Waals surface area (Å²) in [7, 11) is -1.24. The molecule has 0 unspecified atom stereocenters. The Morgan fingerprint density at radius 2 is 2.20 bits per heavy atom. The van der Waals surface area contributed by atoms with E-state index in [4.69, 9.17) is 4.74 Å². The molecule has 0 aromatic heterocycles. The van der Waals surface area contributed by atoms with Crippen molar-refractivity contribution in [1.29, 1.82) is 0 Å². The zero-order chi connectivity index (χ0) is 11.1. The van der Waals surface area contributed by atoms with Crippen LogP contribution in [-0.2, 0) is 14.8 Å². The van der Waals surface area contributed by atoms with Crippen molar-refractivity contribution in [3.8, 4) is 0 Å². The number of hydrogen-bond donors (Lipinski definition) is 1. The summed E-state index contributed by atoms with van der Waals surface area (Å²) in [5.41, 5.74) is 0. The number of ether oxygens (including phenoxy) is 1. The lowest BCUT2D eigenvalue weighted by atomic mass is 10.4. The van der Waals surface area contributed by atoms with Crippen LogP contribution in [0.25, 0.3) is 0 Å². The van der Waals surface area contributed by atoms with E-state index in [0.717, 1.165) is 32.5 Å². The minimum Gasteiger partial charge on any atom is -0.385 e. The number of sulfonamides is 1. The van der Waals surface area contributed by atoms with Gasteiger partial charge in [-0.25, -0.2) is 12.7 Å². The fraction of sp³-hybridized carbons (Fsp3) is 1.00. The summed E-state index contributed by atoms with van der Waals surface area (Å²) in [5, 5.41) is 3.20. The number of hydrogen-bond acceptors (Lipinski definition) is 4. The van der Waals surface area contributed by atoms with Gasteiger partial charge in [0.2, 0.25) is 10.0 Å². The highest BCUT2D eigenvalue weighted by Gasteiger charge is 2.27. The molecule has 15 heavy (non-hydrogen) atoms. The Morgan fingerprint density at radius 3 is 2.80 bits per heavy atom. The Kier molecular flexibility index (Phi) is 5.52. The van der Waals surface area contributed by atoms with Crippen LogP contribution in [0.1, 0.15) is 12.8 Å². The predicted octanol–water partition coefficient (Wildman–Crippen LogP) is -0.352. The molecule has 0 radical (unpaired) electrons. The molecule has 1 N–H and O–H groups in total. The van der Waals surface area contributed by atoms with Crippen LogP contribution in [0, 0.1) is 0 Å². The normalized spacial score (nSPS) is 20.9. The molecule has 1 saturated heterocycles. The SMILES string of the molecule is COCCCNCCN1CCCS1(=O)=O. The van der Waals surface area contributed by atoms with Crippen molar-refractivity contribution in [2.24, 2.45) is 0 Å². The Bertz CT molecular complexity index is 267. The van der Waals surface area contributed by atoms with Gasteiger partial charge in [-0.3, -0.25) is 0 Å². The predicted molar refractivity (Wildman–Crippen MR) is 59.3 cm³/mol. The van der Waals surface area contributed by atoms with Gasteiger partial charge < -0.3 is 10.1 Å². The van der Waals surface area contributed by atoms with Gasteiger partial charge in [0.05, 0.1) is 5.75 Å². The van der Waals surface area contributed by atoms with E-state index >= 15 is 0 Å². The molecule has 90 valence electrons. The maximum atomic E-state index is 11.4. The fourth-order valence-electron chi connectivity index (χ4n) is 1.61. The number of methoxy groups -OCH3 is 1. The van der Waals surface area contributed by atoms with Crippen LogP contribution in [0.4, 0.5) is 0 Å². The molecular formula is C9H20N2O3S. The molecule has 1 aliphatic rings. The van der Waals surface area contributed by atoms with E-state index < -0.39 is 10.0 Å². The van der Waals surface area contributed by atoms with Crippen molar-refractivity contribution in [1.82, 2.24) is 9.62 Å². The summed E-state index contributed by atoms with van der Waals surface area (Å²) in [4.78, 5) is 0. The molecule has 5 nitrogen and oxygen atoms in total. The molecular weight excluding hydrogens is 216 g/mol. The summed E-state index contributed by atoms with van der Waals surface area (Å²) < 4.78 is 29.3. The topological polar surface area (TPSA) is 58.6 Å². The average molecular weight is 236 g/mol. The lowest BCUT2D eigenvalue weighted by molar-refractivity contribution is 0.194. The lowest BCUT2D eigenvalue weighted by Gasteiger charge is -2.14. The second kappa shape index (κ2) is 6.42. The van der Waals surface area contributed by atoms with Crippen molar-refractivity contribution in [3.63, 3.8) is 0 Å². The fourth-order valence-corrected chi connectivity index (χ4v) is 3.14. The van der Waals surface area contributed by atoms with Crippen LogP contribution in [0.5, 0.6) is 0 Å². The van der Waals surface area contributed by atoms with Crippen LogP contribution < -0.4 is 5.32 Å². The van der Waals surface area contributed by atoms with Crippen LogP contribution in [0.15, 0.2) is 0 Å². The van der Waals surface area contributed by atoms with E-state index in [1.807, 2.05) is 0 Å². The van der Waals surface area contributed by atoms with E-state index in [9.17, 15) is 8.42 Å². The zero-order valence-electron chi connectivity index (χ0n) is 9.24.